The maximum Gasteiger partial charge on any atom is 0.337 e. The van der Waals surface area contributed by atoms with Crippen LogP contribution in [-0.4, -0.2) is 45.2 Å². The molecule has 1 rings (SSSR count). The van der Waals surface area contributed by atoms with Crippen molar-refractivity contribution in [1.82, 2.24) is 0 Å². The molecule has 20 heavy (non-hydrogen) atoms. The first kappa shape index (κ1) is 16.6. The molecule has 8 heteroatoms. The number of rotatable bonds is 7. The van der Waals surface area contributed by atoms with E-state index in [9.17, 15) is 21.6 Å². The Morgan fingerprint density at radius 1 is 1.05 bits per heavy atom. The number of hydrogen-bond donors (Lipinski definition) is 1. The summed E-state index contributed by atoms with van der Waals surface area (Å²) in [7, 11) is -7.38. The van der Waals surface area contributed by atoms with Crippen LogP contribution in [-0.2, 0) is 19.7 Å². The number of benzene rings is 1. The molecule has 0 amide bonds. The minimum atomic E-state index is -3.95. The summed E-state index contributed by atoms with van der Waals surface area (Å²) in [4.78, 5) is 10.6. The fourth-order valence-electron chi connectivity index (χ4n) is 1.67. The van der Waals surface area contributed by atoms with Crippen molar-refractivity contribution in [2.75, 3.05) is 17.3 Å². The monoisotopic (exact) mass is 320 g/mol. The molecule has 1 aromatic carbocycles. The van der Waals surface area contributed by atoms with Crippen molar-refractivity contribution in [2.24, 2.45) is 0 Å². The third-order valence-corrected chi connectivity index (χ3v) is 6.51. The zero-order valence-corrected chi connectivity index (χ0v) is 12.6. The Balaban J connectivity index is 3.05. The highest BCUT2D eigenvalue weighted by Gasteiger charge is 2.24. The molecule has 0 aliphatic rings. The molecule has 0 unspecified atom stereocenters. The molecule has 0 atom stereocenters. The van der Waals surface area contributed by atoms with Gasteiger partial charge in [-0.1, -0.05) is 19.1 Å². The van der Waals surface area contributed by atoms with Crippen LogP contribution >= 0.6 is 0 Å². The molecule has 0 aliphatic heterocycles. The zero-order chi connectivity index (χ0) is 15.4. The lowest BCUT2D eigenvalue weighted by Gasteiger charge is -2.08. The van der Waals surface area contributed by atoms with Gasteiger partial charge in [-0.25, -0.2) is 21.6 Å². The molecule has 0 spiro atoms. The van der Waals surface area contributed by atoms with E-state index in [0.717, 1.165) is 0 Å². The van der Waals surface area contributed by atoms with Gasteiger partial charge in [0, 0.05) is 5.75 Å². The van der Waals surface area contributed by atoms with Gasteiger partial charge in [0.15, 0.2) is 19.7 Å². The van der Waals surface area contributed by atoms with Gasteiger partial charge in [-0.3, -0.25) is 0 Å². The first-order valence-electron chi connectivity index (χ1n) is 5.95. The van der Waals surface area contributed by atoms with Crippen molar-refractivity contribution in [1.29, 1.82) is 0 Å². The van der Waals surface area contributed by atoms with Crippen molar-refractivity contribution in [3.8, 4) is 0 Å². The Morgan fingerprint density at radius 3 is 2.20 bits per heavy atom. The number of carboxylic acid groups (broad SMARTS) is 1. The second-order valence-corrected chi connectivity index (χ2v) is 8.65. The summed E-state index contributed by atoms with van der Waals surface area (Å²) in [5, 5.41) is 8.96. The SMILES string of the molecule is CCCS(=O)(=O)CCS(=O)(=O)c1ccccc1C(=O)O. The Morgan fingerprint density at radius 2 is 1.65 bits per heavy atom. The van der Waals surface area contributed by atoms with E-state index in [-0.39, 0.29) is 16.2 Å². The van der Waals surface area contributed by atoms with Crippen molar-refractivity contribution in [3.05, 3.63) is 29.8 Å². The summed E-state index contributed by atoms with van der Waals surface area (Å²) in [5.41, 5.74) is -0.347. The Bertz CT molecular complexity index is 688. The van der Waals surface area contributed by atoms with E-state index in [2.05, 4.69) is 0 Å². The van der Waals surface area contributed by atoms with E-state index >= 15 is 0 Å². The number of sulfone groups is 2. The van der Waals surface area contributed by atoms with Gasteiger partial charge in [0.1, 0.15) is 0 Å². The fraction of sp³-hybridized carbons (Fsp3) is 0.417. The van der Waals surface area contributed by atoms with Crippen molar-refractivity contribution >= 4 is 25.6 Å². The average Bonchev–Trinajstić information content (AvgIpc) is 2.37. The molecule has 0 fully saturated rings. The van der Waals surface area contributed by atoms with Crippen LogP contribution in [0.3, 0.4) is 0 Å². The highest BCUT2D eigenvalue weighted by Crippen LogP contribution is 2.17. The highest BCUT2D eigenvalue weighted by molar-refractivity contribution is 7.95. The molecular formula is C12H16O6S2. The van der Waals surface area contributed by atoms with Crippen LogP contribution in [0.1, 0.15) is 23.7 Å². The maximum absolute atomic E-state index is 12.1. The summed E-state index contributed by atoms with van der Waals surface area (Å²) in [5.74, 6) is -2.56. The molecule has 0 aromatic heterocycles. The summed E-state index contributed by atoms with van der Waals surface area (Å²) >= 11 is 0. The van der Waals surface area contributed by atoms with Crippen LogP contribution in [0.4, 0.5) is 0 Å². The molecule has 0 heterocycles. The van der Waals surface area contributed by atoms with Crippen LogP contribution < -0.4 is 0 Å². The highest BCUT2D eigenvalue weighted by atomic mass is 32.2. The molecule has 1 aromatic rings. The van der Waals surface area contributed by atoms with E-state index in [4.69, 9.17) is 5.11 Å². The first-order valence-corrected chi connectivity index (χ1v) is 9.42. The number of hydrogen-bond acceptors (Lipinski definition) is 5. The summed E-state index contributed by atoms with van der Waals surface area (Å²) < 4.78 is 47.3. The number of aromatic carboxylic acids is 1. The lowest BCUT2D eigenvalue weighted by Crippen LogP contribution is -2.21. The summed E-state index contributed by atoms with van der Waals surface area (Å²) in [6.07, 6.45) is 0.411. The lowest BCUT2D eigenvalue weighted by atomic mass is 10.2. The van der Waals surface area contributed by atoms with Crippen LogP contribution in [0.2, 0.25) is 0 Å². The standard InChI is InChI=1S/C12H16O6S2/c1-2-7-19(15,16)8-9-20(17,18)11-6-4-3-5-10(11)12(13)14/h3-6H,2,7-9H2,1H3,(H,13,14). The normalized spacial score (nSPS) is 12.2. The zero-order valence-electron chi connectivity index (χ0n) is 10.9. The Kier molecular flexibility index (Phi) is 5.29. The van der Waals surface area contributed by atoms with Crippen LogP contribution in [0.5, 0.6) is 0 Å². The van der Waals surface area contributed by atoms with Gasteiger partial charge < -0.3 is 5.11 Å². The van der Waals surface area contributed by atoms with Gasteiger partial charge in [0.25, 0.3) is 0 Å². The topological polar surface area (TPSA) is 106 Å². The molecule has 6 nitrogen and oxygen atoms in total. The number of carbonyl (C=O) groups is 1. The van der Waals surface area contributed by atoms with Crippen LogP contribution in [0.25, 0.3) is 0 Å². The molecule has 0 bridgehead atoms. The average molecular weight is 320 g/mol. The Hall–Kier alpha value is -1.41. The molecule has 1 N–H and O–H groups in total. The molecule has 0 aliphatic carbocycles. The van der Waals surface area contributed by atoms with Gasteiger partial charge in [0.05, 0.1) is 22.0 Å². The van der Waals surface area contributed by atoms with Crippen LogP contribution in [0, 0.1) is 0 Å². The molecule has 112 valence electrons. The van der Waals surface area contributed by atoms with Gasteiger partial charge in [-0.2, -0.15) is 0 Å². The van der Waals surface area contributed by atoms with E-state index in [1.54, 1.807) is 6.92 Å². The smallest absolute Gasteiger partial charge is 0.337 e. The first-order chi connectivity index (χ1) is 9.19. The molecular weight excluding hydrogens is 304 g/mol. The van der Waals surface area contributed by atoms with E-state index < -0.39 is 37.1 Å². The van der Waals surface area contributed by atoms with Gasteiger partial charge in [-0.15, -0.1) is 0 Å². The van der Waals surface area contributed by atoms with Crippen LogP contribution in [0.15, 0.2) is 29.2 Å². The van der Waals surface area contributed by atoms with Crippen molar-refractivity contribution in [3.63, 3.8) is 0 Å². The van der Waals surface area contributed by atoms with Crippen molar-refractivity contribution < 1.29 is 26.7 Å². The predicted octanol–water partition coefficient (Wildman–Crippen LogP) is 0.983. The van der Waals surface area contributed by atoms with E-state index in [1.165, 1.54) is 24.3 Å². The summed E-state index contributed by atoms with van der Waals surface area (Å²) in [6.45, 7) is 1.69. The largest absolute Gasteiger partial charge is 0.478 e. The minimum Gasteiger partial charge on any atom is -0.478 e. The van der Waals surface area contributed by atoms with E-state index in [1.807, 2.05) is 0 Å². The van der Waals surface area contributed by atoms with Gasteiger partial charge in [-0.05, 0) is 18.6 Å². The second-order valence-electron chi connectivity index (χ2n) is 4.27. The second kappa shape index (κ2) is 6.36. The predicted molar refractivity (Wildman–Crippen MR) is 74.4 cm³/mol. The molecule has 0 saturated heterocycles. The fourth-order valence-corrected chi connectivity index (χ4v) is 5.39. The lowest BCUT2D eigenvalue weighted by molar-refractivity contribution is 0.0692. The maximum atomic E-state index is 12.1. The minimum absolute atomic E-state index is 0.0803. The number of carboxylic acids is 1. The van der Waals surface area contributed by atoms with Crippen molar-refractivity contribution in [2.45, 2.75) is 18.2 Å². The molecule has 0 radical (unpaired) electrons. The quantitative estimate of drug-likeness (QED) is 0.803. The summed E-state index contributed by atoms with van der Waals surface area (Å²) in [6, 6.07) is 5.16. The van der Waals surface area contributed by atoms with Gasteiger partial charge >= 0.3 is 5.97 Å². The molecule has 0 saturated carbocycles. The van der Waals surface area contributed by atoms with E-state index in [0.29, 0.717) is 6.42 Å². The Labute approximate surface area is 118 Å². The third kappa shape index (κ3) is 4.31. The van der Waals surface area contributed by atoms with Gasteiger partial charge in [0.2, 0.25) is 0 Å². The third-order valence-electron chi connectivity index (χ3n) is 2.63.